The number of halogens is 3. The number of aliphatic hydroxyl groups excluding tert-OH is 1. The summed E-state index contributed by atoms with van der Waals surface area (Å²) in [5, 5.41) is 17.8. The van der Waals surface area contributed by atoms with E-state index in [2.05, 4.69) is 0 Å². The van der Waals surface area contributed by atoms with Crippen LogP contribution in [0.3, 0.4) is 0 Å². The molecule has 1 aliphatic carbocycles. The minimum absolute atomic E-state index is 0.0928. The lowest BCUT2D eigenvalue weighted by Gasteiger charge is -2.31. The first-order valence-corrected chi connectivity index (χ1v) is 6.10. The van der Waals surface area contributed by atoms with Gasteiger partial charge in [0.25, 0.3) is 0 Å². The van der Waals surface area contributed by atoms with Crippen molar-refractivity contribution in [1.29, 1.82) is 0 Å². The van der Waals surface area contributed by atoms with Crippen molar-refractivity contribution in [1.82, 2.24) is 4.90 Å². The van der Waals surface area contributed by atoms with E-state index in [1.165, 1.54) is 0 Å². The average Bonchev–Trinajstić information content (AvgIpc) is 2.36. The third-order valence-electron chi connectivity index (χ3n) is 3.12. The number of aliphatic hydroxyl groups is 1. The van der Waals surface area contributed by atoms with E-state index in [1.807, 2.05) is 0 Å². The number of hydrogen-bond donors (Lipinski definition) is 2. The van der Waals surface area contributed by atoms with Gasteiger partial charge in [0.1, 0.15) is 6.54 Å². The fourth-order valence-corrected chi connectivity index (χ4v) is 2.20. The van der Waals surface area contributed by atoms with E-state index in [1.54, 1.807) is 12.2 Å². The van der Waals surface area contributed by atoms with Gasteiger partial charge < -0.3 is 15.1 Å². The van der Waals surface area contributed by atoms with Crippen molar-refractivity contribution in [3.8, 4) is 0 Å². The third-order valence-corrected chi connectivity index (χ3v) is 3.12. The second-order valence-electron chi connectivity index (χ2n) is 4.59. The fourth-order valence-electron chi connectivity index (χ4n) is 2.20. The maximum atomic E-state index is 12.4. The molecule has 0 radical (unpaired) electrons. The van der Waals surface area contributed by atoms with E-state index in [0.717, 1.165) is 0 Å². The number of carbonyl (C=O) groups is 2. The molecule has 2 atom stereocenters. The third kappa shape index (κ3) is 4.52. The Bertz CT molecular complexity index is 395. The van der Waals surface area contributed by atoms with Gasteiger partial charge in [-0.05, 0) is 12.8 Å². The fraction of sp³-hybridized carbons (Fsp3) is 0.667. The summed E-state index contributed by atoms with van der Waals surface area (Å²) < 4.78 is 37.2. The van der Waals surface area contributed by atoms with Gasteiger partial charge >= 0.3 is 12.1 Å². The number of nitrogens with zero attached hydrogens (tertiary/aromatic N) is 1. The quantitative estimate of drug-likeness (QED) is 0.743. The zero-order chi connectivity index (χ0) is 15.3. The molecule has 1 aliphatic rings. The van der Waals surface area contributed by atoms with Crippen LogP contribution >= 0.6 is 0 Å². The second kappa shape index (κ2) is 6.74. The van der Waals surface area contributed by atoms with Crippen LogP contribution in [0, 0.1) is 11.8 Å². The molecule has 2 unspecified atom stereocenters. The molecule has 20 heavy (non-hydrogen) atoms. The van der Waals surface area contributed by atoms with E-state index >= 15 is 0 Å². The van der Waals surface area contributed by atoms with Gasteiger partial charge in [-0.25, -0.2) is 0 Å². The van der Waals surface area contributed by atoms with Crippen molar-refractivity contribution in [3.63, 3.8) is 0 Å². The highest BCUT2D eigenvalue weighted by Gasteiger charge is 2.39. The highest BCUT2D eigenvalue weighted by Crippen LogP contribution is 2.28. The van der Waals surface area contributed by atoms with E-state index < -0.39 is 49.6 Å². The molecule has 0 bridgehead atoms. The normalized spacial score (nSPS) is 22.6. The van der Waals surface area contributed by atoms with E-state index in [0.29, 0.717) is 4.90 Å². The summed E-state index contributed by atoms with van der Waals surface area (Å²) in [4.78, 5) is 23.6. The SMILES string of the molecule is O=C(O)C1CC=CCC1C(=O)N(CCO)CC(F)(F)F. The molecule has 8 heteroatoms. The first kappa shape index (κ1) is 16.5. The smallest absolute Gasteiger partial charge is 0.406 e. The van der Waals surface area contributed by atoms with Crippen LogP contribution in [0.5, 0.6) is 0 Å². The van der Waals surface area contributed by atoms with Gasteiger partial charge in [-0.1, -0.05) is 12.2 Å². The average molecular weight is 295 g/mol. The predicted octanol–water partition coefficient (Wildman–Crippen LogP) is 1.04. The molecule has 0 fully saturated rings. The Morgan fingerprint density at radius 3 is 2.20 bits per heavy atom. The van der Waals surface area contributed by atoms with E-state index in [4.69, 9.17) is 10.2 Å². The molecule has 0 saturated carbocycles. The molecule has 0 aromatic carbocycles. The molecule has 0 aliphatic heterocycles. The van der Waals surface area contributed by atoms with Crippen LogP contribution in [0.4, 0.5) is 13.2 Å². The maximum Gasteiger partial charge on any atom is 0.406 e. The molecule has 0 aromatic rings. The molecule has 0 aromatic heterocycles. The van der Waals surface area contributed by atoms with Crippen LogP contribution in [0.2, 0.25) is 0 Å². The lowest BCUT2D eigenvalue weighted by atomic mass is 9.82. The highest BCUT2D eigenvalue weighted by atomic mass is 19.4. The number of rotatable bonds is 5. The Morgan fingerprint density at radius 1 is 1.20 bits per heavy atom. The second-order valence-corrected chi connectivity index (χ2v) is 4.59. The summed E-state index contributed by atoms with van der Waals surface area (Å²) in [5.74, 6) is -4.13. The van der Waals surface area contributed by atoms with Crippen LogP contribution in [0.1, 0.15) is 12.8 Å². The van der Waals surface area contributed by atoms with Crippen molar-refractivity contribution >= 4 is 11.9 Å². The number of aliphatic carboxylic acids is 1. The minimum atomic E-state index is -4.59. The zero-order valence-corrected chi connectivity index (χ0v) is 10.6. The number of hydrogen-bond acceptors (Lipinski definition) is 3. The summed E-state index contributed by atoms with van der Waals surface area (Å²) >= 11 is 0. The van der Waals surface area contributed by atoms with E-state index in [9.17, 15) is 22.8 Å². The molecule has 0 saturated heterocycles. The van der Waals surface area contributed by atoms with Crippen LogP contribution in [-0.4, -0.2) is 52.9 Å². The van der Waals surface area contributed by atoms with Crippen LogP contribution < -0.4 is 0 Å². The summed E-state index contributed by atoms with van der Waals surface area (Å²) in [6, 6.07) is 0. The summed E-state index contributed by atoms with van der Waals surface area (Å²) in [6.45, 7) is -2.56. The van der Waals surface area contributed by atoms with Crippen molar-refractivity contribution in [3.05, 3.63) is 12.2 Å². The highest BCUT2D eigenvalue weighted by molar-refractivity contribution is 5.85. The lowest BCUT2D eigenvalue weighted by Crippen LogP contribution is -2.46. The Labute approximate surface area is 113 Å². The first-order valence-electron chi connectivity index (χ1n) is 6.10. The number of allylic oxidation sites excluding steroid dienone is 2. The number of carbonyl (C=O) groups excluding carboxylic acids is 1. The zero-order valence-electron chi connectivity index (χ0n) is 10.6. The van der Waals surface area contributed by atoms with Gasteiger partial charge in [-0.2, -0.15) is 13.2 Å². The monoisotopic (exact) mass is 295 g/mol. The molecule has 1 rings (SSSR count). The van der Waals surface area contributed by atoms with Gasteiger partial charge in [0.05, 0.1) is 18.4 Å². The molecule has 5 nitrogen and oxygen atoms in total. The number of amides is 1. The molecule has 114 valence electrons. The van der Waals surface area contributed by atoms with Crippen molar-refractivity contribution in [2.24, 2.45) is 11.8 Å². The van der Waals surface area contributed by atoms with Gasteiger partial charge in [-0.15, -0.1) is 0 Å². The lowest BCUT2D eigenvalue weighted by molar-refractivity contribution is -0.167. The number of carboxylic acid groups (broad SMARTS) is 1. The summed E-state index contributed by atoms with van der Waals surface area (Å²) in [7, 11) is 0. The topological polar surface area (TPSA) is 77.8 Å². The Hall–Kier alpha value is -1.57. The Morgan fingerprint density at radius 2 is 1.75 bits per heavy atom. The summed E-state index contributed by atoms with van der Waals surface area (Å²) in [5.41, 5.74) is 0. The van der Waals surface area contributed by atoms with Gasteiger partial charge in [0.15, 0.2) is 0 Å². The predicted molar refractivity (Wildman–Crippen MR) is 62.7 cm³/mol. The molecule has 2 N–H and O–H groups in total. The standard InChI is InChI=1S/C12H16F3NO4/c13-12(14,15)7-16(5-6-17)10(18)8-3-1-2-4-9(8)11(19)20/h1-2,8-9,17H,3-7H2,(H,19,20). The molecular formula is C12H16F3NO4. The summed E-state index contributed by atoms with van der Waals surface area (Å²) in [6.07, 6.45) is -1.19. The molecule has 0 spiro atoms. The molecule has 0 heterocycles. The largest absolute Gasteiger partial charge is 0.481 e. The first-order chi connectivity index (χ1) is 9.26. The van der Waals surface area contributed by atoms with E-state index in [-0.39, 0.29) is 12.8 Å². The Kier molecular flexibility index (Phi) is 5.55. The van der Waals surface area contributed by atoms with Crippen molar-refractivity contribution in [2.45, 2.75) is 19.0 Å². The van der Waals surface area contributed by atoms with Crippen LogP contribution in [0.15, 0.2) is 12.2 Å². The van der Waals surface area contributed by atoms with Crippen molar-refractivity contribution < 1.29 is 33.0 Å². The number of carboxylic acids is 1. The molecular weight excluding hydrogens is 279 g/mol. The maximum absolute atomic E-state index is 12.4. The van der Waals surface area contributed by atoms with Gasteiger partial charge in [0.2, 0.25) is 5.91 Å². The number of alkyl halides is 3. The Balaban J connectivity index is 2.87. The van der Waals surface area contributed by atoms with Crippen molar-refractivity contribution in [2.75, 3.05) is 19.7 Å². The van der Waals surface area contributed by atoms with Crippen LogP contribution in [0.25, 0.3) is 0 Å². The minimum Gasteiger partial charge on any atom is -0.481 e. The van der Waals surface area contributed by atoms with Gasteiger partial charge in [0, 0.05) is 6.54 Å². The van der Waals surface area contributed by atoms with Gasteiger partial charge in [-0.3, -0.25) is 9.59 Å². The molecule has 1 amide bonds. The van der Waals surface area contributed by atoms with Crippen LogP contribution in [-0.2, 0) is 9.59 Å².